The van der Waals surface area contributed by atoms with Crippen LogP contribution in [0.4, 0.5) is 0 Å². The van der Waals surface area contributed by atoms with Crippen LogP contribution in [-0.4, -0.2) is 44.3 Å². The third-order valence-corrected chi connectivity index (χ3v) is 3.93. The number of carbonyl (C=O) groups is 4. The molecule has 138 valence electrons. The van der Waals surface area contributed by atoms with Gasteiger partial charge in [0.05, 0.1) is 11.8 Å². The molecule has 0 heterocycles. The Bertz CT molecular complexity index is 392. The molecule has 4 N–H and O–H groups in total. The summed E-state index contributed by atoms with van der Waals surface area (Å²) in [6.07, 6.45) is 3.32. The highest BCUT2D eigenvalue weighted by molar-refractivity contribution is 5.79. The van der Waals surface area contributed by atoms with E-state index >= 15 is 0 Å². The predicted octanol–water partition coefficient (Wildman–Crippen LogP) is 2.46. The van der Waals surface area contributed by atoms with Crippen LogP contribution < -0.4 is 0 Å². The van der Waals surface area contributed by atoms with Crippen molar-refractivity contribution < 1.29 is 39.6 Å². The SMILES string of the molecule is O=C(O)CCCCCC(C(=O)O)C(CCCCCC(=O)O)C(=O)O. The summed E-state index contributed by atoms with van der Waals surface area (Å²) in [7, 11) is 0. The van der Waals surface area contributed by atoms with E-state index in [1.807, 2.05) is 0 Å². The van der Waals surface area contributed by atoms with Crippen LogP contribution >= 0.6 is 0 Å². The van der Waals surface area contributed by atoms with Crippen LogP contribution in [-0.2, 0) is 19.2 Å². The lowest BCUT2D eigenvalue weighted by Crippen LogP contribution is -2.30. The zero-order valence-electron chi connectivity index (χ0n) is 13.6. The molecule has 0 aromatic heterocycles. The first-order valence-corrected chi connectivity index (χ1v) is 8.15. The predicted molar refractivity (Wildman–Crippen MR) is 83.7 cm³/mol. The number of rotatable bonds is 15. The average molecular weight is 346 g/mol. The minimum absolute atomic E-state index is 0.0175. The molecule has 0 rings (SSSR count). The Labute approximate surface area is 140 Å². The Morgan fingerprint density at radius 1 is 0.542 bits per heavy atom. The summed E-state index contributed by atoms with van der Waals surface area (Å²) in [5.74, 6) is -6.15. The highest BCUT2D eigenvalue weighted by atomic mass is 16.4. The molecular weight excluding hydrogens is 320 g/mol. The normalized spacial score (nSPS) is 13.2. The summed E-state index contributed by atoms with van der Waals surface area (Å²) < 4.78 is 0. The van der Waals surface area contributed by atoms with Crippen LogP contribution in [0.5, 0.6) is 0 Å². The van der Waals surface area contributed by atoms with Crippen molar-refractivity contribution >= 4 is 23.9 Å². The van der Waals surface area contributed by atoms with E-state index in [4.69, 9.17) is 10.2 Å². The van der Waals surface area contributed by atoms with E-state index in [-0.39, 0.29) is 25.7 Å². The maximum Gasteiger partial charge on any atom is 0.307 e. The van der Waals surface area contributed by atoms with Gasteiger partial charge in [0, 0.05) is 12.8 Å². The summed E-state index contributed by atoms with van der Waals surface area (Å²) in [6, 6.07) is 0. The number of unbranched alkanes of at least 4 members (excludes halogenated alkanes) is 4. The molecule has 0 amide bonds. The van der Waals surface area contributed by atoms with Crippen LogP contribution in [0.15, 0.2) is 0 Å². The first-order valence-electron chi connectivity index (χ1n) is 8.15. The molecule has 0 aromatic rings. The standard InChI is InChI=1S/C16H26O8/c17-13(18)9-5-1-3-7-11(15(21)22)12(16(23)24)8-4-2-6-10-14(19)20/h11-12H,1-10H2,(H,17,18)(H,19,20)(H,21,22)(H,23,24). The van der Waals surface area contributed by atoms with Gasteiger partial charge in [0.1, 0.15) is 0 Å². The summed E-state index contributed by atoms with van der Waals surface area (Å²) >= 11 is 0. The number of hydrogen-bond acceptors (Lipinski definition) is 4. The molecule has 2 atom stereocenters. The molecule has 24 heavy (non-hydrogen) atoms. The van der Waals surface area contributed by atoms with Crippen LogP contribution in [0, 0.1) is 11.8 Å². The van der Waals surface area contributed by atoms with Gasteiger partial charge >= 0.3 is 23.9 Å². The van der Waals surface area contributed by atoms with Gasteiger partial charge in [-0.3, -0.25) is 19.2 Å². The van der Waals surface area contributed by atoms with Crippen molar-refractivity contribution in [3.05, 3.63) is 0 Å². The van der Waals surface area contributed by atoms with Crippen molar-refractivity contribution in [2.75, 3.05) is 0 Å². The van der Waals surface area contributed by atoms with E-state index in [0.29, 0.717) is 38.5 Å². The van der Waals surface area contributed by atoms with Gasteiger partial charge in [-0.15, -0.1) is 0 Å². The molecule has 0 saturated carbocycles. The number of hydrogen-bond donors (Lipinski definition) is 4. The highest BCUT2D eigenvalue weighted by Gasteiger charge is 2.32. The van der Waals surface area contributed by atoms with Gasteiger partial charge < -0.3 is 20.4 Å². The second-order valence-electron chi connectivity index (χ2n) is 5.88. The fourth-order valence-electron chi connectivity index (χ4n) is 2.63. The Morgan fingerprint density at radius 3 is 1.12 bits per heavy atom. The van der Waals surface area contributed by atoms with Crippen LogP contribution in [0.3, 0.4) is 0 Å². The van der Waals surface area contributed by atoms with Crippen LogP contribution in [0.2, 0.25) is 0 Å². The van der Waals surface area contributed by atoms with Crippen molar-refractivity contribution in [1.29, 1.82) is 0 Å². The summed E-state index contributed by atoms with van der Waals surface area (Å²) in [6.45, 7) is 0. The molecule has 0 aromatic carbocycles. The molecule has 0 fully saturated rings. The van der Waals surface area contributed by atoms with Gasteiger partial charge in [0.2, 0.25) is 0 Å². The van der Waals surface area contributed by atoms with E-state index in [9.17, 15) is 29.4 Å². The van der Waals surface area contributed by atoms with Crippen LogP contribution in [0.1, 0.15) is 64.2 Å². The fourth-order valence-corrected chi connectivity index (χ4v) is 2.63. The summed E-state index contributed by atoms with van der Waals surface area (Å²) in [4.78, 5) is 43.5. The molecule has 2 unspecified atom stereocenters. The zero-order chi connectivity index (χ0) is 18.5. The van der Waals surface area contributed by atoms with Gasteiger partial charge in [0.15, 0.2) is 0 Å². The molecule has 8 nitrogen and oxygen atoms in total. The van der Waals surface area contributed by atoms with Gasteiger partial charge in [-0.25, -0.2) is 0 Å². The topological polar surface area (TPSA) is 149 Å². The smallest absolute Gasteiger partial charge is 0.307 e. The molecule has 0 aliphatic carbocycles. The monoisotopic (exact) mass is 346 g/mol. The third-order valence-electron chi connectivity index (χ3n) is 3.93. The minimum Gasteiger partial charge on any atom is -0.481 e. The first-order chi connectivity index (χ1) is 11.3. The summed E-state index contributed by atoms with van der Waals surface area (Å²) in [5.41, 5.74) is 0. The fraction of sp³-hybridized carbons (Fsp3) is 0.750. The molecular formula is C16H26O8. The molecule has 0 radical (unpaired) electrons. The molecule has 0 bridgehead atoms. The van der Waals surface area contributed by atoms with Crippen molar-refractivity contribution in [2.45, 2.75) is 64.2 Å². The van der Waals surface area contributed by atoms with E-state index in [0.717, 1.165) is 0 Å². The van der Waals surface area contributed by atoms with Crippen molar-refractivity contribution in [1.82, 2.24) is 0 Å². The largest absolute Gasteiger partial charge is 0.481 e. The lowest BCUT2D eigenvalue weighted by atomic mass is 9.84. The Balaban J connectivity index is 4.36. The lowest BCUT2D eigenvalue weighted by Gasteiger charge is -2.20. The van der Waals surface area contributed by atoms with E-state index in [1.165, 1.54) is 0 Å². The van der Waals surface area contributed by atoms with Gasteiger partial charge in [-0.1, -0.05) is 25.7 Å². The molecule has 0 aliphatic rings. The number of carboxylic acid groups (broad SMARTS) is 4. The second kappa shape index (κ2) is 12.3. The van der Waals surface area contributed by atoms with E-state index in [1.54, 1.807) is 0 Å². The van der Waals surface area contributed by atoms with Crippen LogP contribution in [0.25, 0.3) is 0 Å². The second-order valence-corrected chi connectivity index (χ2v) is 5.88. The third kappa shape index (κ3) is 10.6. The molecule has 0 aliphatic heterocycles. The average Bonchev–Trinajstić information content (AvgIpc) is 2.46. The van der Waals surface area contributed by atoms with Gasteiger partial charge in [-0.05, 0) is 25.7 Å². The first kappa shape index (κ1) is 21.9. The lowest BCUT2D eigenvalue weighted by molar-refractivity contribution is -0.154. The Hall–Kier alpha value is -2.12. The zero-order valence-corrected chi connectivity index (χ0v) is 13.6. The van der Waals surface area contributed by atoms with Crippen molar-refractivity contribution in [3.63, 3.8) is 0 Å². The van der Waals surface area contributed by atoms with Crippen molar-refractivity contribution in [2.24, 2.45) is 11.8 Å². The number of carboxylic acids is 4. The van der Waals surface area contributed by atoms with Gasteiger partial charge in [0.25, 0.3) is 0 Å². The van der Waals surface area contributed by atoms with Crippen molar-refractivity contribution in [3.8, 4) is 0 Å². The van der Waals surface area contributed by atoms with E-state index < -0.39 is 35.7 Å². The summed E-state index contributed by atoms with van der Waals surface area (Å²) in [5, 5.41) is 35.6. The molecule has 0 spiro atoms. The molecule has 8 heteroatoms. The van der Waals surface area contributed by atoms with E-state index in [2.05, 4.69) is 0 Å². The Morgan fingerprint density at radius 2 is 0.875 bits per heavy atom. The number of aliphatic carboxylic acids is 4. The minimum atomic E-state index is -1.16. The highest BCUT2D eigenvalue weighted by Crippen LogP contribution is 2.25. The Kier molecular flexibility index (Phi) is 11.2. The maximum atomic E-state index is 11.4. The molecule has 0 saturated heterocycles. The quantitative estimate of drug-likeness (QED) is 0.330. The van der Waals surface area contributed by atoms with Gasteiger partial charge in [-0.2, -0.15) is 0 Å². The maximum absolute atomic E-state index is 11.4.